The Morgan fingerprint density at radius 1 is 1.35 bits per heavy atom. The van der Waals surface area contributed by atoms with Gasteiger partial charge < -0.3 is 5.32 Å². The molecule has 26 heavy (non-hydrogen) atoms. The van der Waals surface area contributed by atoms with Gasteiger partial charge in [-0.3, -0.25) is 9.69 Å². The molecule has 1 fully saturated rings. The highest BCUT2D eigenvalue weighted by atomic mass is 32.2. The van der Waals surface area contributed by atoms with E-state index in [4.69, 9.17) is 0 Å². The quantitative estimate of drug-likeness (QED) is 0.779. The van der Waals surface area contributed by atoms with Crippen molar-refractivity contribution in [3.63, 3.8) is 0 Å². The summed E-state index contributed by atoms with van der Waals surface area (Å²) in [5, 5.41) is 7.21. The summed E-state index contributed by atoms with van der Waals surface area (Å²) in [7, 11) is -2.99. The van der Waals surface area contributed by atoms with Gasteiger partial charge in [-0.2, -0.15) is 5.10 Å². The summed E-state index contributed by atoms with van der Waals surface area (Å²) in [4.78, 5) is 14.2. The van der Waals surface area contributed by atoms with Crippen molar-refractivity contribution in [3.05, 3.63) is 48.3 Å². The molecule has 140 valence electrons. The summed E-state index contributed by atoms with van der Waals surface area (Å²) < 4.78 is 24.8. The highest BCUT2D eigenvalue weighted by molar-refractivity contribution is 7.91. The lowest BCUT2D eigenvalue weighted by molar-refractivity contribution is -0.122. The molecule has 1 unspecified atom stereocenters. The molecule has 1 amide bonds. The average Bonchev–Trinajstić information content (AvgIpc) is 3.21. The number of hydrogen-bond acceptors (Lipinski definition) is 5. The van der Waals surface area contributed by atoms with Gasteiger partial charge in [-0.05, 0) is 25.1 Å². The van der Waals surface area contributed by atoms with Crippen LogP contribution in [0.5, 0.6) is 0 Å². The Labute approximate surface area is 153 Å². The Balaban J connectivity index is 1.55. The van der Waals surface area contributed by atoms with E-state index in [-0.39, 0.29) is 30.0 Å². The maximum absolute atomic E-state index is 12.2. The second-order valence-corrected chi connectivity index (χ2v) is 8.83. The Hall–Kier alpha value is -2.19. The second-order valence-electron chi connectivity index (χ2n) is 6.60. The van der Waals surface area contributed by atoms with Crippen molar-refractivity contribution in [1.82, 2.24) is 20.0 Å². The molecule has 2 heterocycles. The molecular weight excluding hydrogens is 352 g/mol. The zero-order valence-corrected chi connectivity index (χ0v) is 15.7. The number of rotatable bonds is 7. The number of nitrogens with zero attached hydrogens (tertiary/aromatic N) is 3. The third-order valence-electron chi connectivity index (χ3n) is 4.47. The molecule has 1 aliphatic heterocycles. The predicted octanol–water partition coefficient (Wildman–Crippen LogP) is 0.998. The van der Waals surface area contributed by atoms with Gasteiger partial charge in [0.15, 0.2) is 9.84 Å². The highest BCUT2D eigenvalue weighted by Gasteiger charge is 2.29. The van der Waals surface area contributed by atoms with Crippen LogP contribution in [0.2, 0.25) is 0 Å². The van der Waals surface area contributed by atoms with Crippen molar-refractivity contribution in [3.8, 4) is 5.69 Å². The lowest BCUT2D eigenvalue weighted by Crippen LogP contribution is -2.42. The topological polar surface area (TPSA) is 84.3 Å². The lowest BCUT2D eigenvalue weighted by atomic mass is 10.2. The van der Waals surface area contributed by atoms with Crippen molar-refractivity contribution in [2.75, 3.05) is 24.6 Å². The number of benzene rings is 1. The Kier molecular flexibility index (Phi) is 5.73. The van der Waals surface area contributed by atoms with Gasteiger partial charge in [0.05, 0.1) is 29.9 Å². The molecule has 0 aliphatic carbocycles. The van der Waals surface area contributed by atoms with Crippen molar-refractivity contribution < 1.29 is 13.2 Å². The van der Waals surface area contributed by atoms with Crippen LogP contribution in [0.4, 0.5) is 0 Å². The first kappa shape index (κ1) is 18.6. The van der Waals surface area contributed by atoms with Crippen LogP contribution >= 0.6 is 0 Å². The Morgan fingerprint density at radius 3 is 2.77 bits per heavy atom. The highest BCUT2D eigenvalue weighted by Crippen LogP contribution is 2.12. The van der Waals surface area contributed by atoms with Crippen LogP contribution < -0.4 is 5.32 Å². The van der Waals surface area contributed by atoms with E-state index in [9.17, 15) is 13.2 Å². The van der Waals surface area contributed by atoms with Crippen LogP contribution in [0.15, 0.2) is 42.7 Å². The molecular formula is C18H24N4O3S. The number of likely N-dealkylation sites (N-methyl/N-ethyl adjacent to an activating group) is 1. The molecule has 1 saturated heterocycles. The minimum Gasteiger partial charge on any atom is -0.351 e. The molecule has 1 aromatic heterocycles. The molecule has 1 N–H and O–H groups in total. The van der Waals surface area contributed by atoms with Crippen molar-refractivity contribution >= 4 is 15.7 Å². The number of hydrogen-bond donors (Lipinski definition) is 1. The summed E-state index contributed by atoms with van der Waals surface area (Å²) in [6.45, 7) is 3.56. The minimum absolute atomic E-state index is 0.0503. The molecule has 1 atom stereocenters. The summed E-state index contributed by atoms with van der Waals surface area (Å²) in [6.07, 6.45) is 4.26. The molecule has 7 nitrogen and oxygen atoms in total. The first-order valence-corrected chi connectivity index (χ1v) is 10.6. The van der Waals surface area contributed by atoms with Gasteiger partial charge in [0.25, 0.3) is 0 Å². The second kappa shape index (κ2) is 8.01. The molecule has 3 rings (SSSR count). The summed E-state index contributed by atoms with van der Waals surface area (Å²) >= 11 is 0. The zero-order chi connectivity index (χ0) is 18.6. The van der Waals surface area contributed by atoms with E-state index in [1.165, 1.54) is 0 Å². The van der Waals surface area contributed by atoms with E-state index >= 15 is 0 Å². The number of amides is 1. The van der Waals surface area contributed by atoms with Crippen molar-refractivity contribution in [2.24, 2.45) is 0 Å². The summed E-state index contributed by atoms with van der Waals surface area (Å²) in [5.74, 6) is 0.0763. The minimum atomic E-state index is -2.99. The van der Waals surface area contributed by atoms with E-state index < -0.39 is 9.84 Å². The van der Waals surface area contributed by atoms with E-state index in [0.29, 0.717) is 19.5 Å². The lowest BCUT2D eigenvalue weighted by Gasteiger charge is -2.20. The van der Waals surface area contributed by atoms with Crippen LogP contribution in [-0.4, -0.2) is 59.6 Å². The zero-order valence-electron chi connectivity index (χ0n) is 14.8. The van der Waals surface area contributed by atoms with Gasteiger partial charge >= 0.3 is 0 Å². The number of carbonyl (C=O) groups is 1. The number of nitrogens with one attached hydrogen (secondary N) is 1. The Morgan fingerprint density at radius 2 is 2.12 bits per heavy atom. The number of carbonyl (C=O) groups excluding carboxylic acids is 1. The van der Waals surface area contributed by atoms with Crippen molar-refractivity contribution in [2.45, 2.75) is 25.9 Å². The van der Waals surface area contributed by atoms with Gasteiger partial charge in [-0.15, -0.1) is 0 Å². The van der Waals surface area contributed by atoms with Crippen LogP contribution in [0, 0.1) is 0 Å². The van der Waals surface area contributed by atoms with Crippen LogP contribution in [0.25, 0.3) is 5.69 Å². The van der Waals surface area contributed by atoms with Gasteiger partial charge in [0.2, 0.25) is 5.91 Å². The molecule has 0 saturated carbocycles. The van der Waals surface area contributed by atoms with Gasteiger partial charge in [0.1, 0.15) is 0 Å². The van der Waals surface area contributed by atoms with E-state index in [1.807, 2.05) is 53.0 Å². The fourth-order valence-corrected chi connectivity index (χ4v) is 4.76. The first-order chi connectivity index (χ1) is 12.4. The Bertz CT molecular complexity index is 848. The van der Waals surface area contributed by atoms with Gasteiger partial charge in [0, 0.05) is 24.3 Å². The predicted molar refractivity (Wildman–Crippen MR) is 99.7 cm³/mol. The number of aromatic nitrogens is 2. The van der Waals surface area contributed by atoms with Gasteiger partial charge in [-0.25, -0.2) is 13.1 Å². The summed E-state index contributed by atoms with van der Waals surface area (Å²) in [5.41, 5.74) is 2.01. The number of para-hydroxylation sites is 1. The maximum Gasteiger partial charge on any atom is 0.234 e. The average molecular weight is 376 g/mol. The van der Waals surface area contributed by atoms with Crippen LogP contribution in [0.1, 0.15) is 18.9 Å². The molecule has 0 spiro atoms. The van der Waals surface area contributed by atoms with Crippen LogP contribution in [0.3, 0.4) is 0 Å². The third-order valence-corrected chi connectivity index (χ3v) is 6.24. The third kappa shape index (κ3) is 4.92. The van der Waals surface area contributed by atoms with Gasteiger partial charge in [-0.1, -0.05) is 25.1 Å². The molecule has 1 aromatic carbocycles. The number of sulfone groups is 1. The van der Waals surface area contributed by atoms with Crippen molar-refractivity contribution in [1.29, 1.82) is 0 Å². The molecule has 0 bridgehead atoms. The standard InChI is InChI=1S/C18H24N4O3S/c1-2-21(13-18(23)20-16-8-9-26(24,25)14-16)11-15-10-19-22(12-15)17-6-4-3-5-7-17/h3-7,10,12,16H,2,8-9,11,13-14H2,1H3,(H,20,23). The van der Waals surface area contributed by atoms with E-state index in [0.717, 1.165) is 11.3 Å². The largest absolute Gasteiger partial charge is 0.351 e. The van der Waals surface area contributed by atoms with E-state index in [1.54, 1.807) is 6.20 Å². The maximum atomic E-state index is 12.2. The molecule has 8 heteroatoms. The monoisotopic (exact) mass is 376 g/mol. The van der Waals surface area contributed by atoms with Crippen LogP contribution in [-0.2, 0) is 21.2 Å². The first-order valence-electron chi connectivity index (χ1n) is 8.76. The normalized spacial score (nSPS) is 18.9. The SMILES string of the molecule is CCN(CC(=O)NC1CCS(=O)(=O)C1)Cc1cnn(-c2ccccc2)c1. The molecule has 2 aromatic rings. The molecule has 0 radical (unpaired) electrons. The molecule has 1 aliphatic rings. The summed E-state index contributed by atoms with van der Waals surface area (Å²) in [6, 6.07) is 9.59. The van der Waals surface area contributed by atoms with E-state index in [2.05, 4.69) is 10.4 Å². The fourth-order valence-electron chi connectivity index (χ4n) is 3.09. The smallest absolute Gasteiger partial charge is 0.234 e. The fraction of sp³-hybridized carbons (Fsp3) is 0.444.